The predicted octanol–water partition coefficient (Wildman–Crippen LogP) is 1.68. The minimum atomic E-state index is -4.64. The van der Waals surface area contributed by atoms with E-state index < -0.39 is 25.9 Å². The van der Waals surface area contributed by atoms with Crippen LogP contribution in [0.25, 0.3) is 0 Å². The van der Waals surface area contributed by atoms with E-state index in [0.29, 0.717) is 0 Å². The molecule has 1 rings (SSSR count). The van der Waals surface area contributed by atoms with Gasteiger partial charge in [0.1, 0.15) is 0 Å². The fourth-order valence-electron chi connectivity index (χ4n) is 1.55. The van der Waals surface area contributed by atoms with Gasteiger partial charge >= 0.3 is 20.4 Å². The van der Waals surface area contributed by atoms with Gasteiger partial charge in [-0.25, -0.2) is 0 Å². The summed E-state index contributed by atoms with van der Waals surface area (Å²) in [6, 6.07) is 4.13. The highest BCUT2D eigenvalue weighted by molar-refractivity contribution is 7.54. The van der Waals surface area contributed by atoms with Crippen molar-refractivity contribution >= 4 is 20.2 Å². The van der Waals surface area contributed by atoms with Crippen LogP contribution in [0.15, 0.2) is 24.3 Å². The van der Waals surface area contributed by atoms with E-state index in [2.05, 4.69) is 9.05 Å². The van der Waals surface area contributed by atoms with Crippen LogP contribution in [0.2, 0.25) is 0 Å². The van der Waals surface area contributed by atoms with Crippen molar-refractivity contribution in [3.63, 3.8) is 0 Å². The summed E-state index contributed by atoms with van der Waals surface area (Å²) in [6.45, 7) is 2.51. The van der Waals surface area contributed by atoms with E-state index in [9.17, 15) is 13.3 Å². The Bertz CT molecular complexity index is 470. The number of hydrogen-bond donors (Lipinski definition) is 2. The summed E-state index contributed by atoms with van der Waals surface area (Å²) in [4.78, 5) is 0. The molecule has 0 unspecified atom stereocenters. The summed E-state index contributed by atoms with van der Waals surface area (Å²) >= 11 is 0. The van der Waals surface area contributed by atoms with Crippen LogP contribution in [0, 0.1) is 0 Å². The maximum absolute atomic E-state index is 14.3. The Balaban J connectivity index is 3.15. The summed E-state index contributed by atoms with van der Waals surface area (Å²) < 4.78 is 50.0. The molecule has 0 saturated carbocycles. The van der Waals surface area contributed by atoms with Crippen LogP contribution < -0.4 is 5.46 Å². The Morgan fingerprint density at radius 2 is 1.60 bits per heavy atom. The molecular weight excluding hydrogens is 292 g/mol. The van der Waals surface area contributed by atoms with Gasteiger partial charge in [0.15, 0.2) is 0 Å². The Kier molecular flexibility index (Phi) is 5.85. The lowest BCUT2D eigenvalue weighted by atomic mass is 9.80. The molecule has 0 aliphatic rings. The molecule has 5 nitrogen and oxygen atoms in total. The number of halogens is 2. The number of benzene rings is 1. The van der Waals surface area contributed by atoms with E-state index in [4.69, 9.17) is 10.0 Å². The zero-order chi connectivity index (χ0) is 15.4. The lowest BCUT2D eigenvalue weighted by Gasteiger charge is -2.26. The van der Waals surface area contributed by atoms with Crippen molar-refractivity contribution < 1.29 is 32.4 Å². The fraction of sp³-hybridized carbons (Fsp3) is 0.455. The minimum Gasteiger partial charge on any atom is -0.423 e. The van der Waals surface area contributed by atoms with E-state index in [1.807, 2.05) is 0 Å². The maximum Gasteiger partial charge on any atom is 0.488 e. The summed E-state index contributed by atoms with van der Waals surface area (Å²) in [7, 11) is -6.40. The molecule has 0 atom stereocenters. The summed E-state index contributed by atoms with van der Waals surface area (Å²) in [5.41, 5.74) is -4.35. The van der Waals surface area contributed by atoms with Crippen LogP contribution in [0.3, 0.4) is 0 Å². The molecule has 20 heavy (non-hydrogen) atoms. The Hall–Kier alpha value is -0.785. The smallest absolute Gasteiger partial charge is 0.423 e. The third kappa shape index (κ3) is 3.45. The molecule has 0 amide bonds. The third-order valence-electron chi connectivity index (χ3n) is 2.50. The van der Waals surface area contributed by atoms with Crippen molar-refractivity contribution in [1.82, 2.24) is 0 Å². The molecule has 0 aromatic heterocycles. The zero-order valence-corrected chi connectivity index (χ0v) is 12.0. The minimum absolute atomic E-state index is 0.0483. The van der Waals surface area contributed by atoms with Gasteiger partial charge in [0, 0.05) is 5.56 Å². The molecule has 0 radical (unpaired) electrons. The molecule has 0 bridgehead atoms. The highest BCUT2D eigenvalue weighted by Gasteiger charge is 2.54. The average molecular weight is 308 g/mol. The van der Waals surface area contributed by atoms with Crippen molar-refractivity contribution in [2.45, 2.75) is 19.5 Å². The normalized spacial score (nSPS) is 12.5. The molecule has 1 aromatic carbocycles. The molecule has 9 heteroatoms. The van der Waals surface area contributed by atoms with Crippen molar-refractivity contribution in [1.29, 1.82) is 0 Å². The quantitative estimate of drug-likeness (QED) is 0.592. The molecule has 0 aliphatic carbocycles. The van der Waals surface area contributed by atoms with Crippen molar-refractivity contribution in [2.75, 3.05) is 13.2 Å². The summed E-state index contributed by atoms with van der Waals surface area (Å²) in [5.74, 6) is 0. The Labute approximate surface area is 116 Å². The van der Waals surface area contributed by atoms with Crippen LogP contribution in [0.5, 0.6) is 0 Å². The summed E-state index contributed by atoms with van der Waals surface area (Å²) in [5, 5.41) is 17.8. The van der Waals surface area contributed by atoms with Crippen LogP contribution in [0.1, 0.15) is 19.4 Å². The molecule has 112 valence electrons. The highest BCUT2D eigenvalue weighted by Crippen LogP contribution is 2.66. The van der Waals surface area contributed by atoms with Crippen molar-refractivity contribution in [3.05, 3.63) is 29.8 Å². The number of alkyl halides is 2. The third-order valence-corrected chi connectivity index (χ3v) is 4.64. The van der Waals surface area contributed by atoms with Crippen LogP contribution in [-0.4, -0.2) is 30.4 Å². The van der Waals surface area contributed by atoms with Crippen molar-refractivity contribution in [2.24, 2.45) is 0 Å². The topological polar surface area (TPSA) is 76.0 Å². The first kappa shape index (κ1) is 17.3. The molecule has 1 aromatic rings. The van der Waals surface area contributed by atoms with Gasteiger partial charge in [-0.2, -0.15) is 8.78 Å². The van der Waals surface area contributed by atoms with Crippen LogP contribution in [0.4, 0.5) is 8.78 Å². The van der Waals surface area contributed by atoms with Gasteiger partial charge in [0.05, 0.1) is 13.2 Å². The highest BCUT2D eigenvalue weighted by atomic mass is 31.2. The lowest BCUT2D eigenvalue weighted by Crippen LogP contribution is -2.30. The summed E-state index contributed by atoms with van der Waals surface area (Å²) in [6.07, 6.45) is 0. The molecule has 0 aliphatic heterocycles. The van der Waals surface area contributed by atoms with E-state index in [-0.39, 0.29) is 18.7 Å². The monoisotopic (exact) mass is 308 g/mol. The van der Waals surface area contributed by atoms with Crippen molar-refractivity contribution in [3.8, 4) is 0 Å². The molecule has 2 N–H and O–H groups in total. The second-order valence-corrected chi connectivity index (χ2v) is 5.94. The van der Waals surface area contributed by atoms with Gasteiger partial charge in [-0.15, -0.1) is 0 Å². The first-order valence-corrected chi connectivity index (χ1v) is 7.56. The van der Waals surface area contributed by atoms with E-state index in [0.717, 1.165) is 24.3 Å². The van der Waals surface area contributed by atoms with Gasteiger partial charge in [0.2, 0.25) is 0 Å². The second kappa shape index (κ2) is 6.78. The molecule has 0 saturated heterocycles. The molecular formula is C11H16BF2O5P. The van der Waals surface area contributed by atoms with E-state index in [1.54, 1.807) is 0 Å². The SMILES string of the molecule is CCOP(=O)(OCC)C(F)(F)c1ccc(B(O)O)cc1. The standard InChI is InChI=1S/C11H16BF2O5P/c1-3-18-20(17,19-4-2)11(13,14)9-5-7-10(8-6-9)12(15)16/h5-8,15-16H,3-4H2,1-2H3. The van der Waals surface area contributed by atoms with Gasteiger partial charge in [-0.1, -0.05) is 24.3 Å². The van der Waals surface area contributed by atoms with Gasteiger partial charge in [-0.3, -0.25) is 4.57 Å². The zero-order valence-electron chi connectivity index (χ0n) is 11.1. The molecule has 0 heterocycles. The Morgan fingerprint density at radius 3 is 1.95 bits per heavy atom. The average Bonchev–Trinajstić information content (AvgIpc) is 2.39. The molecule has 0 fully saturated rings. The fourth-order valence-corrected chi connectivity index (χ4v) is 3.10. The first-order chi connectivity index (χ1) is 9.28. The van der Waals surface area contributed by atoms with E-state index >= 15 is 0 Å². The van der Waals surface area contributed by atoms with Crippen LogP contribution in [-0.2, 0) is 19.3 Å². The lowest BCUT2D eigenvalue weighted by molar-refractivity contribution is 0.0361. The number of hydrogen-bond acceptors (Lipinski definition) is 5. The molecule has 0 spiro atoms. The van der Waals surface area contributed by atoms with E-state index in [1.165, 1.54) is 13.8 Å². The predicted molar refractivity (Wildman–Crippen MR) is 71.0 cm³/mol. The second-order valence-electron chi connectivity index (χ2n) is 3.87. The van der Waals surface area contributed by atoms with Gasteiger partial charge in [-0.05, 0) is 19.3 Å². The van der Waals surface area contributed by atoms with Gasteiger partial charge in [0.25, 0.3) is 0 Å². The van der Waals surface area contributed by atoms with Crippen LogP contribution >= 0.6 is 7.60 Å². The number of rotatable bonds is 7. The van der Waals surface area contributed by atoms with Gasteiger partial charge < -0.3 is 19.1 Å². The largest absolute Gasteiger partial charge is 0.488 e. The Morgan fingerprint density at radius 1 is 1.15 bits per heavy atom. The first-order valence-electron chi connectivity index (χ1n) is 6.02. The maximum atomic E-state index is 14.3.